The van der Waals surface area contributed by atoms with Gasteiger partial charge < -0.3 is 9.80 Å². The summed E-state index contributed by atoms with van der Waals surface area (Å²) in [4.78, 5) is 17.8. The van der Waals surface area contributed by atoms with Gasteiger partial charge in [-0.05, 0) is 0 Å². The van der Waals surface area contributed by atoms with Gasteiger partial charge in [0, 0.05) is 37.8 Å². The predicted molar refractivity (Wildman–Crippen MR) is 57.0 cm³/mol. The van der Waals surface area contributed by atoms with Crippen molar-refractivity contribution >= 4 is 22.4 Å². The normalized spacial score (nSPS) is 17.4. The fourth-order valence-electron chi connectivity index (χ4n) is 1.65. The summed E-state index contributed by atoms with van der Waals surface area (Å²) in [6, 6.07) is 0. The van der Waals surface area contributed by atoms with E-state index >= 15 is 0 Å². The quantitative estimate of drug-likeness (QED) is 0.769. The maximum absolute atomic E-state index is 12.2. The molecule has 1 saturated heterocycles. The number of halogens is 3. The lowest BCUT2D eigenvalue weighted by atomic mass is 10.3. The molecule has 1 amide bonds. The minimum atomic E-state index is -4.77. The van der Waals surface area contributed by atoms with Crippen LogP contribution in [0.25, 0.3) is 0 Å². The molecule has 2 rings (SSSR count). The third-order valence-corrected chi connectivity index (χ3v) is 3.33. The maximum Gasteiger partial charge on any atom is 0.471 e. The highest BCUT2D eigenvalue weighted by Crippen LogP contribution is 2.22. The molecule has 94 valence electrons. The lowest BCUT2D eigenvalue weighted by Gasteiger charge is -2.34. The highest BCUT2D eigenvalue weighted by molar-refractivity contribution is 7.13. The van der Waals surface area contributed by atoms with Crippen molar-refractivity contribution < 1.29 is 18.0 Å². The van der Waals surface area contributed by atoms with Crippen LogP contribution < -0.4 is 4.90 Å². The fraction of sp³-hybridized carbons (Fsp3) is 0.556. The standard InChI is InChI=1S/C9H10F3N3OS/c10-9(11,12)7(16)14-2-4-15(5-3-14)8-13-1-6-17-8/h1,6H,2-5H2. The van der Waals surface area contributed by atoms with Gasteiger partial charge in [-0.15, -0.1) is 11.3 Å². The zero-order valence-corrected chi connectivity index (χ0v) is 9.59. The molecule has 0 spiro atoms. The lowest BCUT2D eigenvalue weighted by Crippen LogP contribution is -2.52. The van der Waals surface area contributed by atoms with Crippen LogP contribution in [0.4, 0.5) is 18.3 Å². The van der Waals surface area contributed by atoms with Gasteiger partial charge in [-0.25, -0.2) is 4.98 Å². The molecule has 0 saturated carbocycles. The van der Waals surface area contributed by atoms with Gasteiger partial charge in [-0.1, -0.05) is 0 Å². The van der Waals surface area contributed by atoms with E-state index in [1.165, 1.54) is 11.3 Å². The molecule has 0 N–H and O–H groups in total. The van der Waals surface area contributed by atoms with Gasteiger partial charge >= 0.3 is 12.1 Å². The van der Waals surface area contributed by atoms with Crippen molar-refractivity contribution in [3.8, 4) is 0 Å². The van der Waals surface area contributed by atoms with Crippen molar-refractivity contribution in [2.75, 3.05) is 31.1 Å². The van der Waals surface area contributed by atoms with Crippen molar-refractivity contribution in [2.24, 2.45) is 0 Å². The highest BCUT2D eigenvalue weighted by atomic mass is 32.1. The number of amides is 1. The average Bonchev–Trinajstić information content (AvgIpc) is 2.80. The van der Waals surface area contributed by atoms with Gasteiger partial charge in [0.1, 0.15) is 0 Å². The van der Waals surface area contributed by atoms with E-state index < -0.39 is 12.1 Å². The Morgan fingerprint density at radius 1 is 1.29 bits per heavy atom. The summed E-state index contributed by atoms with van der Waals surface area (Å²) in [6.07, 6.45) is -3.13. The van der Waals surface area contributed by atoms with Crippen molar-refractivity contribution in [1.29, 1.82) is 0 Å². The zero-order chi connectivity index (χ0) is 12.5. The van der Waals surface area contributed by atoms with Crippen LogP contribution in [0, 0.1) is 0 Å². The molecule has 1 fully saturated rings. The van der Waals surface area contributed by atoms with E-state index in [0.717, 1.165) is 10.0 Å². The summed E-state index contributed by atoms with van der Waals surface area (Å²) in [5.74, 6) is -1.75. The summed E-state index contributed by atoms with van der Waals surface area (Å²) >= 11 is 1.43. The number of rotatable bonds is 1. The Bertz CT molecular complexity index is 385. The number of anilines is 1. The van der Waals surface area contributed by atoms with Crippen molar-refractivity contribution in [2.45, 2.75) is 6.18 Å². The molecule has 8 heteroatoms. The number of carbonyl (C=O) groups excluding carboxylic acids is 1. The van der Waals surface area contributed by atoms with Crippen LogP contribution in [0.15, 0.2) is 11.6 Å². The molecule has 1 aliphatic rings. The van der Waals surface area contributed by atoms with Crippen molar-refractivity contribution in [3.63, 3.8) is 0 Å². The first-order chi connectivity index (χ1) is 7.98. The number of carbonyl (C=O) groups is 1. The average molecular weight is 265 g/mol. The SMILES string of the molecule is O=C(N1CCN(c2nccs2)CC1)C(F)(F)F. The number of hydrogen-bond acceptors (Lipinski definition) is 4. The first-order valence-electron chi connectivity index (χ1n) is 4.99. The molecule has 2 heterocycles. The Morgan fingerprint density at radius 3 is 2.41 bits per heavy atom. The van der Waals surface area contributed by atoms with Crippen LogP contribution in [0.2, 0.25) is 0 Å². The molecule has 0 aliphatic carbocycles. The van der Waals surface area contributed by atoms with E-state index in [0.29, 0.717) is 13.1 Å². The summed E-state index contributed by atoms with van der Waals surface area (Å²) < 4.78 is 36.6. The zero-order valence-electron chi connectivity index (χ0n) is 8.78. The first kappa shape index (κ1) is 12.2. The number of piperazine rings is 1. The third kappa shape index (κ3) is 2.68. The second kappa shape index (κ2) is 4.52. The van der Waals surface area contributed by atoms with Gasteiger partial charge in [-0.2, -0.15) is 13.2 Å². The minimum Gasteiger partial charge on any atom is -0.345 e. The van der Waals surface area contributed by atoms with Gasteiger partial charge in [0.25, 0.3) is 0 Å². The largest absolute Gasteiger partial charge is 0.471 e. The Labute approximate surface area is 99.7 Å². The number of nitrogens with zero attached hydrogens (tertiary/aromatic N) is 3. The van der Waals surface area contributed by atoms with E-state index in [2.05, 4.69) is 4.98 Å². The molecule has 17 heavy (non-hydrogen) atoms. The lowest BCUT2D eigenvalue weighted by molar-refractivity contribution is -0.185. The van der Waals surface area contributed by atoms with Crippen molar-refractivity contribution in [1.82, 2.24) is 9.88 Å². The number of alkyl halides is 3. The molecular formula is C9H10F3N3OS. The van der Waals surface area contributed by atoms with E-state index in [1.807, 2.05) is 10.3 Å². The molecule has 0 unspecified atom stereocenters. The molecule has 0 aromatic carbocycles. The topological polar surface area (TPSA) is 36.4 Å². The van der Waals surface area contributed by atoms with Crippen molar-refractivity contribution in [3.05, 3.63) is 11.6 Å². The molecule has 0 bridgehead atoms. The van der Waals surface area contributed by atoms with Gasteiger partial charge in [0.15, 0.2) is 5.13 Å². The Kier molecular flexibility index (Phi) is 3.23. The number of aromatic nitrogens is 1. The van der Waals surface area contributed by atoms with E-state index in [-0.39, 0.29) is 13.1 Å². The van der Waals surface area contributed by atoms with E-state index in [9.17, 15) is 18.0 Å². The molecule has 0 atom stereocenters. The van der Waals surface area contributed by atoms with Crippen LogP contribution in [-0.2, 0) is 4.79 Å². The van der Waals surface area contributed by atoms with Gasteiger partial charge in [-0.3, -0.25) is 4.79 Å². The minimum absolute atomic E-state index is 0.0813. The number of hydrogen-bond donors (Lipinski definition) is 0. The van der Waals surface area contributed by atoms with E-state index in [1.54, 1.807) is 6.20 Å². The van der Waals surface area contributed by atoms with Crippen LogP contribution in [-0.4, -0.2) is 48.1 Å². The monoisotopic (exact) mass is 265 g/mol. The molecule has 4 nitrogen and oxygen atoms in total. The third-order valence-electron chi connectivity index (χ3n) is 2.50. The Morgan fingerprint density at radius 2 is 1.94 bits per heavy atom. The predicted octanol–water partition coefficient (Wildman–Crippen LogP) is 1.35. The second-order valence-corrected chi connectivity index (χ2v) is 4.46. The van der Waals surface area contributed by atoms with Gasteiger partial charge in [0.05, 0.1) is 0 Å². The van der Waals surface area contributed by atoms with Crippen LogP contribution in [0.3, 0.4) is 0 Å². The molecule has 1 aromatic rings. The summed E-state index contributed by atoms with van der Waals surface area (Å²) in [5, 5.41) is 2.59. The van der Waals surface area contributed by atoms with Crippen LogP contribution in [0.5, 0.6) is 0 Å². The molecule has 1 aliphatic heterocycles. The Hall–Kier alpha value is -1.31. The van der Waals surface area contributed by atoms with Gasteiger partial charge in [0.2, 0.25) is 0 Å². The fourth-order valence-corrected chi connectivity index (χ4v) is 2.35. The molecule has 0 radical (unpaired) electrons. The number of thiazole rings is 1. The molecule has 1 aromatic heterocycles. The maximum atomic E-state index is 12.2. The first-order valence-corrected chi connectivity index (χ1v) is 5.87. The highest BCUT2D eigenvalue weighted by Gasteiger charge is 2.43. The molecular weight excluding hydrogens is 255 g/mol. The van der Waals surface area contributed by atoms with Crippen LogP contribution >= 0.6 is 11.3 Å². The van der Waals surface area contributed by atoms with E-state index in [4.69, 9.17) is 0 Å². The summed E-state index contributed by atoms with van der Waals surface area (Å²) in [5.41, 5.74) is 0. The van der Waals surface area contributed by atoms with Crippen LogP contribution in [0.1, 0.15) is 0 Å². The smallest absolute Gasteiger partial charge is 0.345 e. The Balaban J connectivity index is 1.93. The second-order valence-electron chi connectivity index (χ2n) is 3.59. The summed E-state index contributed by atoms with van der Waals surface area (Å²) in [7, 11) is 0. The summed E-state index contributed by atoms with van der Waals surface area (Å²) in [6.45, 7) is 0.931.